The van der Waals surface area contributed by atoms with Crippen molar-refractivity contribution in [3.8, 4) is 0 Å². The second kappa shape index (κ2) is 11.1. The highest BCUT2D eigenvalue weighted by Gasteiger charge is 2.44. The average molecular weight is 570 g/mol. The Morgan fingerprint density at radius 2 is 1.85 bits per heavy atom. The lowest BCUT2D eigenvalue weighted by Crippen LogP contribution is -2.48. The van der Waals surface area contributed by atoms with Crippen LogP contribution in [0.4, 0.5) is 26.3 Å². The van der Waals surface area contributed by atoms with E-state index in [4.69, 9.17) is 4.74 Å². The predicted molar refractivity (Wildman–Crippen MR) is 140 cm³/mol. The quantitative estimate of drug-likeness (QED) is 0.259. The molecule has 0 saturated carbocycles. The van der Waals surface area contributed by atoms with Gasteiger partial charge in [0.15, 0.2) is 0 Å². The van der Waals surface area contributed by atoms with Crippen LogP contribution >= 0.6 is 0 Å². The number of nitrogens with zero attached hydrogens (tertiary/aromatic N) is 2. The minimum Gasteiger partial charge on any atom is -0.465 e. The van der Waals surface area contributed by atoms with Crippen LogP contribution in [-0.2, 0) is 17.6 Å². The maximum absolute atomic E-state index is 15.7. The lowest BCUT2D eigenvalue weighted by Gasteiger charge is -2.41. The summed E-state index contributed by atoms with van der Waals surface area (Å²) in [7, 11) is 1.24. The van der Waals surface area contributed by atoms with Gasteiger partial charge in [0.25, 0.3) is 0 Å². The van der Waals surface area contributed by atoms with Crippen molar-refractivity contribution >= 4 is 16.9 Å². The lowest BCUT2D eigenvalue weighted by atomic mass is 9.86. The van der Waals surface area contributed by atoms with Gasteiger partial charge >= 0.3 is 12.1 Å². The molecule has 5 rings (SSSR count). The van der Waals surface area contributed by atoms with Crippen molar-refractivity contribution in [2.24, 2.45) is 5.92 Å². The van der Waals surface area contributed by atoms with E-state index in [0.717, 1.165) is 4.90 Å². The molecule has 2 atom stereocenters. The monoisotopic (exact) mass is 569 g/mol. The molecule has 5 nitrogen and oxygen atoms in total. The highest BCUT2D eigenvalue weighted by molar-refractivity contribution is 5.96. The number of H-pyrrole nitrogens is 1. The maximum atomic E-state index is 15.7. The number of hydrogen-bond donors (Lipinski definition) is 1. The second-order valence-electron chi connectivity index (χ2n) is 10.9. The van der Waals surface area contributed by atoms with Gasteiger partial charge in [-0.15, -0.1) is 0 Å². The third-order valence-corrected chi connectivity index (χ3v) is 7.97. The van der Waals surface area contributed by atoms with Gasteiger partial charge in [-0.3, -0.25) is 9.29 Å². The SMILES string of the molecule is COC(=O)c1ccc2c3c([nH]c2c1)[C@@H](c1c(F)cc(CC2CN(CCCF)C2)cc1F)N(CC(F)(F)F)[C@H](C)C3.[HH]. The molecule has 218 valence electrons. The van der Waals surface area contributed by atoms with Crippen molar-refractivity contribution < 1.29 is 37.3 Å². The Balaban J connectivity index is 0.00000387. The van der Waals surface area contributed by atoms with E-state index in [9.17, 15) is 22.4 Å². The molecule has 0 spiro atoms. The summed E-state index contributed by atoms with van der Waals surface area (Å²) in [5, 5.41) is 0.672. The maximum Gasteiger partial charge on any atom is 0.401 e. The van der Waals surface area contributed by atoms with Crippen molar-refractivity contribution in [2.75, 3.05) is 40.0 Å². The molecule has 3 heterocycles. The smallest absolute Gasteiger partial charge is 0.401 e. The van der Waals surface area contributed by atoms with Crippen molar-refractivity contribution in [3.05, 3.63) is 69.9 Å². The average Bonchev–Trinajstić information content (AvgIpc) is 3.22. The van der Waals surface area contributed by atoms with Crippen LogP contribution in [0.1, 0.15) is 53.6 Å². The van der Waals surface area contributed by atoms with Crippen LogP contribution in [0.2, 0.25) is 0 Å². The summed E-state index contributed by atoms with van der Waals surface area (Å²) in [6.45, 7) is 1.91. The largest absolute Gasteiger partial charge is 0.465 e. The number of likely N-dealkylation sites (tertiary alicyclic amines) is 1. The van der Waals surface area contributed by atoms with Gasteiger partial charge in [-0.2, -0.15) is 13.2 Å². The Hall–Kier alpha value is -3.05. The molecule has 2 aromatic carbocycles. The fourth-order valence-corrected chi connectivity index (χ4v) is 6.19. The van der Waals surface area contributed by atoms with E-state index in [2.05, 4.69) is 9.88 Å². The molecular formula is C29H33F6N3O2. The number of halogens is 6. The van der Waals surface area contributed by atoms with E-state index < -0.39 is 54.6 Å². The first-order chi connectivity index (χ1) is 19.0. The molecule has 1 saturated heterocycles. The van der Waals surface area contributed by atoms with Gasteiger partial charge in [0, 0.05) is 49.3 Å². The molecule has 0 bridgehead atoms. The first-order valence-electron chi connectivity index (χ1n) is 13.3. The van der Waals surface area contributed by atoms with Crippen molar-refractivity contribution in [3.63, 3.8) is 0 Å². The Labute approximate surface area is 229 Å². The van der Waals surface area contributed by atoms with E-state index in [1.165, 1.54) is 25.3 Å². The van der Waals surface area contributed by atoms with Crippen LogP contribution in [0.15, 0.2) is 30.3 Å². The fraction of sp³-hybridized carbons (Fsp3) is 0.483. The number of aromatic nitrogens is 1. The molecule has 0 amide bonds. The van der Waals surface area contributed by atoms with E-state index in [1.807, 2.05) is 0 Å². The Kier molecular flexibility index (Phi) is 7.89. The van der Waals surface area contributed by atoms with Gasteiger partial charge in [0.05, 0.1) is 31.9 Å². The van der Waals surface area contributed by atoms with E-state index in [-0.39, 0.29) is 25.0 Å². The number of aromatic amines is 1. The van der Waals surface area contributed by atoms with Gasteiger partial charge < -0.3 is 14.6 Å². The van der Waals surface area contributed by atoms with Crippen molar-refractivity contribution in [2.45, 2.75) is 44.4 Å². The number of rotatable bonds is 8. The number of carbonyl (C=O) groups is 1. The zero-order valence-corrected chi connectivity index (χ0v) is 22.3. The Morgan fingerprint density at radius 1 is 1.15 bits per heavy atom. The molecule has 1 fully saturated rings. The zero-order chi connectivity index (χ0) is 28.8. The lowest BCUT2D eigenvalue weighted by molar-refractivity contribution is -0.155. The highest BCUT2D eigenvalue weighted by atomic mass is 19.4. The highest BCUT2D eigenvalue weighted by Crippen LogP contribution is 2.44. The summed E-state index contributed by atoms with van der Waals surface area (Å²) in [5.41, 5.74) is 1.63. The van der Waals surface area contributed by atoms with Crippen LogP contribution in [0.5, 0.6) is 0 Å². The summed E-state index contributed by atoms with van der Waals surface area (Å²) in [6.07, 6.45) is -3.51. The van der Waals surface area contributed by atoms with Gasteiger partial charge in [-0.05, 0) is 67.5 Å². The molecule has 11 heteroatoms. The summed E-state index contributed by atoms with van der Waals surface area (Å²) < 4.78 is 89.8. The van der Waals surface area contributed by atoms with Gasteiger partial charge in [0.1, 0.15) is 11.6 Å². The summed E-state index contributed by atoms with van der Waals surface area (Å²) in [4.78, 5) is 18.3. The number of hydrogen-bond acceptors (Lipinski definition) is 4. The van der Waals surface area contributed by atoms with Gasteiger partial charge in [-0.25, -0.2) is 13.6 Å². The number of esters is 1. The number of ether oxygens (including phenoxy) is 1. The number of carbonyl (C=O) groups excluding carboxylic acids is 1. The van der Waals surface area contributed by atoms with Crippen molar-refractivity contribution in [1.82, 2.24) is 14.8 Å². The van der Waals surface area contributed by atoms with E-state index in [1.54, 1.807) is 19.1 Å². The van der Waals surface area contributed by atoms with Crippen molar-refractivity contribution in [1.29, 1.82) is 0 Å². The predicted octanol–water partition coefficient (Wildman–Crippen LogP) is 6.21. The number of benzene rings is 2. The van der Waals surface area contributed by atoms with Gasteiger partial charge in [-0.1, -0.05) is 6.07 Å². The molecule has 40 heavy (non-hydrogen) atoms. The number of methoxy groups -OCH3 is 1. The third-order valence-electron chi connectivity index (χ3n) is 7.97. The van der Waals surface area contributed by atoms with Gasteiger partial charge in [0.2, 0.25) is 0 Å². The first kappa shape index (κ1) is 28.5. The van der Waals surface area contributed by atoms with Crippen LogP contribution in [0.25, 0.3) is 10.9 Å². The number of fused-ring (bicyclic) bond motifs is 3. The van der Waals surface area contributed by atoms with Crippen LogP contribution in [-0.4, -0.2) is 72.9 Å². The molecule has 1 N–H and O–H groups in total. The molecular weight excluding hydrogens is 536 g/mol. The molecule has 3 aromatic rings. The normalized spacial score (nSPS) is 20.5. The minimum absolute atomic E-state index is 0. The van der Waals surface area contributed by atoms with Crippen LogP contribution in [0, 0.1) is 17.6 Å². The Bertz CT molecular complexity index is 1380. The number of alkyl halides is 4. The van der Waals surface area contributed by atoms with Crippen LogP contribution in [0.3, 0.4) is 0 Å². The zero-order valence-electron chi connectivity index (χ0n) is 22.3. The van der Waals surface area contributed by atoms with E-state index in [0.29, 0.717) is 54.5 Å². The Morgan fingerprint density at radius 3 is 2.48 bits per heavy atom. The van der Waals surface area contributed by atoms with E-state index >= 15 is 8.78 Å². The molecule has 2 aliphatic heterocycles. The fourth-order valence-electron chi connectivity index (χ4n) is 6.19. The first-order valence-corrected chi connectivity index (χ1v) is 13.3. The molecule has 0 radical (unpaired) electrons. The standard InChI is InChI=1S/C29H31F6N3O2.H2/c1-16-8-21-20-5-4-19(28(39)40-2)12-24(20)36-26(21)27(38(16)15-29(33,34)35)25-22(31)10-17(11-23(25)32)9-18-13-37(14-18)7-3-6-30;/h4-5,10-12,16,18,27,36H,3,6-9,13-15H2,1-2H3;1H/t16-,27-;/m1./s1. The minimum atomic E-state index is -4.60. The third kappa shape index (κ3) is 5.58. The summed E-state index contributed by atoms with van der Waals surface area (Å²) >= 11 is 0. The molecule has 0 unspecified atom stereocenters. The van der Waals surface area contributed by atoms with Crippen LogP contribution < -0.4 is 0 Å². The summed E-state index contributed by atoms with van der Waals surface area (Å²) in [6, 6.07) is 5.15. The molecule has 0 aliphatic carbocycles. The second-order valence-corrected chi connectivity index (χ2v) is 10.9. The summed E-state index contributed by atoms with van der Waals surface area (Å²) in [5.74, 6) is -2.22. The number of nitrogens with one attached hydrogen (secondary N) is 1. The molecule has 1 aromatic heterocycles. The molecule has 2 aliphatic rings. The topological polar surface area (TPSA) is 48.6 Å².